The summed E-state index contributed by atoms with van der Waals surface area (Å²) >= 11 is 0. The van der Waals surface area contributed by atoms with E-state index in [1.54, 1.807) is 6.20 Å². The molecular weight excluding hydrogens is 210 g/mol. The van der Waals surface area contributed by atoms with Gasteiger partial charge < -0.3 is 10.7 Å². The van der Waals surface area contributed by atoms with E-state index in [0.717, 1.165) is 22.3 Å². The number of fused-ring (bicyclic) bond motifs is 1. The Morgan fingerprint density at radius 3 is 2.76 bits per heavy atom. The van der Waals surface area contributed by atoms with Crippen molar-refractivity contribution in [2.24, 2.45) is 0 Å². The van der Waals surface area contributed by atoms with E-state index >= 15 is 0 Å². The fourth-order valence-electron chi connectivity index (χ4n) is 2.25. The molecule has 0 saturated carbocycles. The Hall–Kier alpha value is -2.29. The number of hydrogen-bond acceptors (Lipinski definition) is 2. The van der Waals surface area contributed by atoms with Gasteiger partial charge in [0, 0.05) is 33.9 Å². The normalized spacial score (nSPS) is 10.9. The number of nitrogens with one attached hydrogen (secondary N) is 1. The molecule has 3 aromatic rings. The number of hydrogen-bond donors (Lipinski definition) is 2. The van der Waals surface area contributed by atoms with Gasteiger partial charge in [0.1, 0.15) is 5.82 Å². The molecule has 84 valence electrons. The van der Waals surface area contributed by atoms with Crippen LogP contribution < -0.4 is 5.73 Å². The van der Waals surface area contributed by atoms with Crippen LogP contribution in [0.5, 0.6) is 0 Å². The summed E-state index contributed by atoms with van der Waals surface area (Å²) in [4.78, 5) is 7.52. The van der Waals surface area contributed by atoms with Crippen LogP contribution in [0.3, 0.4) is 0 Å². The Balaban J connectivity index is 2.38. The molecule has 0 fully saturated rings. The first-order valence-corrected chi connectivity index (χ1v) is 5.55. The molecule has 17 heavy (non-hydrogen) atoms. The van der Waals surface area contributed by atoms with Crippen molar-refractivity contribution in [2.75, 3.05) is 5.73 Å². The van der Waals surface area contributed by atoms with Crippen molar-refractivity contribution in [1.29, 1.82) is 0 Å². The number of nitrogens with two attached hydrogens (primary N) is 1. The van der Waals surface area contributed by atoms with Gasteiger partial charge in [-0.1, -0.05) is 18.2 Å². The highest BCUT2D eigenvalue weighted by Gasteiger charge is 2.12. The summed E-state index contributed by atoms with van der Waals surface area (Å²) in [6, 6.07) is 12.1. The molecule has 0 spiro atoms. The summed E-state index contributed by atoms with van der Waals surface area (Å²) in [5, 5.41) is 1.18. The smallest absolute Gasteiger partial charge is 0.131 e. The van der Waals surface area contributed by atoms with Gasteiger partial charge in [-0.25, -0.2) is 4.98 Å². The van der Waals surface area contributed by atoms with Crippen LogP contribution in [0.15, 0.2) is 42.6 Å². The van der Waals surface area contributed by atoms with Gasteiger partial charge in [-0.05, 0) is 25.1 Å². The SMILES string of the molecule is Cc1[nH]c2ccccc2c1-c1cccnc1N. The number of nitrogen functional groups attached to an aromatic ring is 1. The van der Waals surface area contributed by atoms with Gasteiger partial charge in [-0.15, -0.1) is 0 Å². The highest BCUT2D eigenvalue weighted by atomic mass is 14.8. The second-order valence-corrected chi connectivity index (χ2v) is 4.11. The number of nitrogens with zero attached hydrogens (tertiary/aromatic N) is 1. The van der Waals surface area contributed by atoms with Crippen molar-refractivity contribution in [3.05, 3.63) is 48.3 Å². The average molecular weight is 223 g/mol. The van der Waals surface area contributed by atoms with E-state index in [0.29, 0.717) is 5.82 Å². The molecular formula is C14H13N3. The van der Waals surface area contributed by atoms with Gasteiger partial charge in [0.2, 0.25) is 0 Å². The summed E-state index contributed by atoms with van der Waals surface area (Å²) in [5.74, 6) is 0.570. The number of aryl methyl sites for hydroxylation is 1. The first kappa shape index (κ1) is 9.90. The Morgan fingerprint density at radius 2 is 1.94 bits per heavy atom. The number of benzene rings is 1. The van der Waals surface area contributed by atoms with Crippen LogP contribution in [0, 0.1) is 6.92 Å². The summed E-state index contributed by atoms with van der Waals surface area (Å²) in [7, 11) is 0. The fourth-order valence-corrected chi connectivity index (χ4v) is 2.25. The lowest BCUT2D eigenvalue weighted by Gasteiger charge is -2.04. The number of para-hydroxylation sites is 1. The van der Waals surface area contributed by atoms with Gasteiger partial charge in [-0.3, -0.25) is 0 Å². The average Bonchev–Trinajstić information content (AvgIpc) is 2.66. The molecule has 0 bridgehead atoms. The maximum absolute atomic E-state index is 5.95. The van der Waals surface area contributed by atoms with Gasteiger partial charge in [0.15, 0.2) is 0 Å². The quantitative estimate of drug-likeness (QED) is 0.666. The molecule has 0 aliphatic rings. The third-order valence-corrected chi connectivity index (χ3v) is 3.00. The minimum atomic E-state index is 0.570. The van der Waals surface area contributed by atoms with E-state index in [1.807, 2.05) is 24.3 Å². The zero-order chi connectivity index (χ0) is 11.8. The second kappa shape index (κ2) is 3.63. The van der Waals surface area contributed by atoms with E-state index < -0.39 is 0 Å². The number of aromatic amines is 1. The third kappa shape index (κ3) is 1.47. The number of aromatic nitrogens is 2. The van der Waals surface area contributed by atoms with Crippen molar-refractivity contribution >= 4 is 16.7 Å². The highest BCUT2D eigenvalue weighted by molar-refractivity contribution is 5.99. The molecule has 0 amide bonds. The number of rotatable bonds is 1. The van der Waals surface area contributed by atoms with Crippen molar-refractivity contribution < 1.29 is 0 Å². The molecule has 3 N–H and O–H groups in total. The molecule has 0 aliphatic carbocycles. The fraction of sp³-hybridized carbons (Fsp3) is 0.0714. The van der Waals surface area contributed by atoms with Crippen molar-refractivity contribution in [3.63, 3.8) is 0 Å². The first-order chi connectivity index (χ1) is 8.27. The van der Waals surface area contributed by atoms with Gasteiger partial charge in [0.25, 0.3) is 0 Å². The van der Waals surface area contributed by atoms with Crippen molar-refractivity contribution in [1.82, 2.24) is 9.97 Å². The number of pyridine rings is 1. The summed E-state index contributed by atoms with van der Waals surface area (Å²) < 4.78 is 0. The Labute approximate surface area is 99.3 Å². The number of anilines is 1. The maximum Gasteiger partial charge on any atom is 0.131 e. The summed E-state index contributed by atoms with van der Waals surface area (Å²) in [6.45, 7) is 2.06. The van der Waals surface area contributed by atoms with Crippen LogP contribution in [0.1, 0.15) is 5.69 Å². The standard InChI is InChI=1S/C14H13N3/c1-9-13(11-6-4-8-16-14(11)15)10-5-2-3-7-12(10)17-9/h2-8,17H,1H3,(H2,15,16). The molecule has 3 nitrogen and oxygen atoms in total. The van der Waals surface area contributed by atoms with Gasteiger partial charge in [-0.2, -0.15) is 0 Å². The van der Waals surface area contributed by atoms with Gasteiger partial charge >= 0.3 is 0 Å². The molecule has 2 aromatic heterocycles. The van der Waals surface area contributed by atoms with Crippen LogP contribution in [-0.2, 0) is 0 Å². The molecule has 0 aliphatic heterocycles. The molecule has 0 saturated heterocycles. The van der Waals surface area contributed by atoms with E-state index in [-0.39, 0.29) is 0 Å². The predicted octanol–water partition coefficient (Wildman–Crippen LogP) is 3.12. The van der Waals surface area contributed by atoms with E-state index in [9.17, 15) is 0 Å². The first-order valence-electron chi connectivity index (χ1n) is 5.55. The second-order valence-electron chi connectivity index (χ2n) is 4.11. The van der Waals surface area contributed by atoms with Crippen LogP contribution >= 0.6 is 0 Å². The van der Waals surface area contributed by atoms with Crippen LogP contribution in [-0.4, -0.2) is 9.97 Å². The van der Waals surface area contributed by atoms with E-state index in [2.05, 4.69) is 29.0 Å². The lowest BCUT2D eigenvalue weighted by Crippen LogP contribution is -1.93. The molecule has 3 rings (SSSR count). The molecule has 3 heteroatoms. The van der Waals surface area contributed by atoms with Crippen LogP contribution in [0.25, 0.3) is 22.0 Å². The zero-order valence-corrected chi connectivity index (χ0v) is 9.57. The minimum absolute atomic E-state index is 0.570. The minimum Gasteiger partial charge on any atom is -0.383 e. The molecule has 1 aromatic carbocycles. The highest BCUT2D eigenvalue weighted by Crippen LogP contribution is 2.34. The topological polar surface area (TPSA) is 54.7 Å². The largest absolute Gasteiger partial charge is 0.383 e. The van der Waals surface area contributed by atoms with Crippen LogP contribution in [0.4, 0.5) is 5.82 Å². The lowest BCUT2D eigenvalue weighted by molar-refractivity contribution is 1.29. The molecule has 0 atom stereocenters. The maximum atomic E-state index is 5.95. The number of H-pyrrole nitrogens is 1. The predicted molar refractivity (Wildman–Crippen MR) is 70.7 cm³/mol. The monoisotopic (exact) mass is 223 g/mol. The summed E-state index contributed by atoms with van der Waals surface area (Å²) in [6.07, 6.45) is 1.71. The van der Waals surface area contributed by atoms with Crippen LogP contribution in [0.2, 0.25) is 0 Å². The summed E-state index contributed by atoms with van der Waals surface area (Å²) in [5.41, 5.74) is 10.3. The Kier molecular flexibility index (Phi) is 2.11. The van der Waals surface area contributed by atoms with E-state index in [1.165, 1.54) is 5.39 Å². The zero-order valence-electron chi connectivity index (χ0n) is 9.57. The third-order valence-electron chi connectivity index (χ3n) is 3.00. The molecule has 2 heterocycles. The van der Waals surface area contributed by atoms with E-state index in [4.69, 9.17) is 5.73 Å². The molecule has 0 unspecified atom stereocenters. The van der Waals surface area contributed by atoms with Crippen molar-refractivity contribution in [3.8, 4) is 11.1 Å². The van der Waals surface area contributed by atoms with Crippen molar-refractivity contribution in [2.45, 2.75) is 6.92 Å². The Bertz CT molecular complexity index is 683. The Morgan fingerprint density at radius 1 is 1.12 bits per heavy atom. The van der Waals surface area contributed by atoms with Gasteiger partial charge in [0.05, 0.1) is 0 Å². The molecule has 0 radical (unpaired) electrons. The lowest BCUT2D eigenvalue weighted by atomic mass is 10.0.